The van der Waals surface area contributed by atoms with Crippen molar-refractivity contribution in [2.45, 2.75) is 0 Å². The van der Waals surface area contributed by atoms with Crippen LogP contribution in [0.1, 0.15) is 0 Å². The minimum absolute atomic E-state index is 0.174. The number of nitrogens with zero attached hydrogens (tertiary/aromatic N) is 2. The van der Waals surface area contributed by atoms with Crippen LogP contribution in [0.4, 0.5) is 4.79 Å². The van der Waals surface area contributed by atoms with Crippen molar-refractivity contribution in [2.24, 2.45) is 9.98 Å². The lowest BCUT2D eigenvalue weighted by Crippen LogP contribution is -2.23. The van der Waals surface area contributed by atoms with E-state index in [9.17, 15) is 4.79 Å². The predicted molar refractivity (Wildman–Crippen MR) is 176 cm³/mol. The third-order valence-corrected chi connectivity index (χ3v) is 12.3. The van der Waals surface area contributed by atoms with E-state index in [0.29, 0.717) is 41.9 Å². The molecule has 0 aromatic heterocycles. The Kier molecular flexibility index (Phi) is 36.4. The van der Waals surface area contributed by atoms with Crippen LogP contribution in [0.3, 0.4) is 0 Å². The number of nitrogens with one attached hydrogen (secondary N) is 1. The number of hydrogen-bond donors (Lipinski definition) is 2. The molecule has 19 heteroatoms. The molecule has 0 atom stereocenters. The van der Waals surface area contributed by atoms with E-state index in [1.54, 1.807) is 106 Å². The average Bonchev–Trinajstić information content (AvgIpc) is 2.90. The van der Waals surface area contributed by atoms with Crippen LogP contribution >= 0.6 is 106 Å². The molecule has 0 aromatic carbocycles. The monoisotopic (exact) mass is 693 g/mol. The number of aliphatic hydroxyl groups is 1. The topological polar surface area (TPSA) is 120 Å². The molecule has 0 rings (SSSR count). The highest BCUT2D eigenvalue weighted by atomic mass is 32.2. The first-order chi connectivity index (χ1) is 18.3. The molecule has 0 heterocycles. The molecule has 0 aliphatic rings. The van der Waals surface area contributed by atoms with E-state index in [-0.39, 0.29) is 6.61 Å². The normalized spacial score (nSPS) is 11.4. The van der Waals surface area contributed by atoms with Crippen molar-refractivity contribution in [1.29, 1.82) is 0 Å². The zero-order valence-corrected chi connectivity index (χ0v) is 27.9. The Hall–Kier alpha value is 1.24. The van der Waals surface area contributed by atoms with E-state index in [2.05, 4.69) is 21.6 Å². The Morgan fingerprint density at radius 2 is 1.43 bits per heavy atom. The minimum atomic E-state index is -0.402. The molecule has 0 spiro atoms. The van der Waals surface area contributed by atoms with Gasteiger partial charge in [-0.15, -0.1) is 82.3 Å². The summed E-state index contributed by atoms with van der Waals surface area (Å²) in [6.07, 6.45) is 4.28. The van der Waals surface area contributed by atoms with Gasteiger partial charge in [-0.05, 0) is 6.26 Å². The molecule has 0 saturated heterocycles. The molecule has 0 fully saturated rings. The number of hydrogen-bond acceptors (Lipinski definition) is 18. The van der Waals surface area contributed by atoms with Crippen LogP contribution in [0.25, 0.3) is 0 Å². The van der Waals surface area contributed by atoms with Crippen molar-refractivity contribution in [3.8, 4) is 0 Å². The Labute approximate surface area is 258 Å². The van der Waals surface area contributed by atoms with Gasteiger partial charge < -0.3 is 24.9 Å². The summed E-state index contributed by atoms with van der Waals surface area (Å²) in [5, 5.41) is 15.8. The van der Waals surface area contributed by atoms with Gasteiger partial charge in [-0.3, -0.25) is 0 Å². The number of ether oxygens (including phenoxy) is 1. The first kappa shape index (κ1) is 38.2. The quantitative estimate of drug-likeness (QED) is 0.0257. The summed E-state index contributed by atoms with van der Waals surface area (Å²) in [7, 11) is 0. The summed E-state index contributed by atoms with van der Waals surface area (Å²) in [5.74, 6) is 3.99. The third-order valence-electron chi connectivity index (χ3n) is 2.84. The summed E-state index contributed by atoms with van der Waals surface area (Å²) in [6, 6.07) is 0. The molecule has 0 unspecified atom stereocenters. The Balaban J connectivity index is 3.22. The van der Waals surface area contributed by atoms with Crippen LogP contribution in [0.2, 0.25) is 0 Å². The highest BCUT2D eigenvalue weighted by Crippen LogP contribution is 2.18. The summed E-state index contributed by atoms with van der Waals surface area (Å²) < 4.78 is 5.13. The average molecular weight is 694 g/mol. The molecule has 0 bridgehead atoms. The first-order valence-corrected chi connectivity index (χ1v) is 21.1. The van der Waals surface area contributed by atoms with Gasteiger partial charge in [0.25, 0.3) is 0 Å². The fourth-order valence-electron chi connectivity index (χ4n) is 1.48. The summed E-state index contributed by atoms with van der Waals surface area (Å²) in [5.41, 5.74) is 0. The van der Waals surface area contributed by atoms with E-state index in [4.69, 9.17) is 29.4 Å². The third kappa shape index (κ3) is 35.2. The van der Waals surface area contributed by atoms with Crippen molar-refractivity contribution < 1.29 is 34.2 Å². The summed E-state index contributed by atoms with van der Waals surface area (Å²) in [6.45, 7) is 0.630. The van der Waals surface area contributed by atoms with Crippen LogP contribution in [0.15, 0.2) is 9.98 Å². The summed E-state index contributed by atoms with van der Waals surface area (Å²) >= 11 is 15.0. The number of alkyl carbamates (subject to hydrolysis) is 1. The zero-order chi connectivity index (χ0) is 26.9. The molecule has 0 radical (unpaired) electrons. The Morgan fingerprint density at radius 3 is 2.16 bits per heavy atom. The van der Waals surface area contributed by atoms with Crippen LogP contribution in [0, 0.1) is 0 Å². The second kappa shape index (κ2) is 35.3. The molecule has 10 nitrogen and oxygen atoms in total. The number of aliphatic hydroxyl groups excluding tert-OH is 1. The van der Waals surface area contributed by atoms with Crippen molar-refractivity contribution >= 4 is 125 Å². The number of rotatable bonds is 29. The smallest absolute Gasteiger partial charge is 0.408 e. The second-order valence-electron chi connectivity index (χ2n) is 5.60. The standard InChI is InChI=1S/C18H35N3O7S9/c1-29-13-31-8-20-7-27-28-12-35-17-37-16-34-11-24-18(23)21-10-33-15-36-14-32-9-19-6-26-25-3-5-30-4-2-22/h6-7,22H,2-5,8-17H2,1H3,(H,21,23)/b19-6+,20-7+. The molecule has 37 heavy (non-hydrogen) atoms. The van der Waals surface area contributed by atoms with Gasteiger partial charge in [0.2, 0.25) is 12.8 Å². The fraction of sp³-hybridized carbons (Fsp3) is 0.833. The van der Waals surface area contributed by atoms with Crippen molar-refractivity contribution in [1.82, 2.24) is 5.32 Å². The lowest BCUT2D eigenvalue weighted by molar-refractivity contribution is -0.210. The predicted octanol–water partition coefficient (Wildman–Crippen LogP) is 5.46. The van der Waals surface area contributed by atoms with Crippen LogP contribution in [0.5, 0.6) is 0 Å². The molecule has 2 N–H and O–H groups in total. The number of carbonyl (C=O) groups is 1. The molecular weight excluding hydrogens is 659 g/mol. The van der Waals surface area contributed by atoms with E-state index in [1.165, 1.54) is 12.8 Å². The van der Waals surface area contributed by atoms with Gasteiger partial charge >= 0.3 is 6.09 Å². The number of aliphatic imine (C=N–C) groups is 2. The van der Waals surface area contributed by atoms with Gasteiger partial charge in [-0.25, -0.2) is 14.8 Å². The van der Waals surface area contributed by atoms with Crippen LogP contribution in [-0.4, -0.2) is 110 Å². The summed E-state index contributed by atoms with van der Waals surface area (Å²) in [4.78, 5) is 39.3. The lowest BCUT2D eigenvalue weighted by atomic mass is 10.9. The van der Waals surface area contributed by atoms with Gasteiger partial charge in [0, 0.05) is 36.9 Å². The van der Waals surface area contributed by atoms with Crippen molar-refractivity contribution in [2.75, 3.05) is 85.9 Å². The Bertz CT molecular complexity index is 547. The largest absolute Gasteiger partial charge is 0.438 e. The van der Waals surface area contributed by atoms with E-state index in [1.807, 2.05) is 0 Å². The number of amides is 1. The maximum atomic E-state index is 11.7. The van der Waals surface area contributed by atoms with Crippen LogP contribution in [-0.2, 0) is 24.3 Å². The van der Waals surface area contributed by atoms with Crippen molar-refractivity contribution in [3.05, 3.63) is 0 Å². The maximum absolute atomic E-state index is 11.7. The van der Waals surface area contributed by atoms with Gasteiger partial charge in [0.1, 0.15) is 18.5 Å². The molecule has 218 valence electrons. The SMILES string of the molecule is CSCSC/N=C/OOCSCSCSCOC(=O)NCSCSCSC/N=C/OOCCSCCO. The number of carbonyl (C=O) groups excluding carboxylic acids is 1. The Morgan fingerprint density at radius 1 is 0.784 bits per heavy atom. The molecule has 0 aromatic rings. The van der Waals surface area contributed by atoms with E-state index < -0.39 is 6.09 Å². The zero-order valence-electron chi connectivity index (χ0n) is 20.5. The van der Waals surface area contributed by atoms with Gasteiger partial charge in [-0.1, -0.05) is 0 Å². The lowest BCUT2D eigenvalue weighted by Gasteiger charge is -2.06. The molecule has 0 aliphatic carbocycles. The van der Waals surface area contributed by atoms with Gasteiger partial charge in [-0.2, -0.15) is 33.3 Å². The van der Waals surface area contributed by atoms with Gasteiger partial charge in [0.15, 0.2) is 0 Å². The molecule has 1 amide bonds. The van der Waals surface area contributed by atoms with Crippen molar-refractivity contribution in [3.63, 3.8) is 0 Å². The second-order valence-corrected chi connectivity index (χ2v) is 16.2. The molecule has 0 saturated carbocycles. The molecular formula is C18H35N3O7S9. The van der Waals surface area contributed by atoms with Crippen LogP contribution < -0.4 is 5.32 Å². The van der Waals surface area contributed by atoms with E-state index >= 15 is 0 Å². The first-order valence-electron chi connectivity index (χ1n) is 10.5. The molecule has 0 aliphatic heterocycles. The van der Waals surface area contributed by atoms with E-state index in [0.717, 1.165) is 31.2 Å². The minimum Gasteiger partial charge on any atom is -0.438 e. The van der Waals surface area contributed by atoms with Gasteiger partial charge in [0.05, 0.1) is 24.2 Å². The maximum Gasteiger partial charge on any atom is 0.408 e. The fourth-order valence-corrected chi connectivity index (χ4v) is 8.67. The highest BCUT2D eigenvalue weighted by Gasteiger charge is 2.01. The number of thioether (sulfide) groups is 9. The highest BCUT2D eigenvalue weighted by molar-refractivity contribution is 8.23.